The van der Waals surface area contributed by atoms with Gasteiger partial charge in [-0.2, -0.15) is 5.26 Å². The van der Waals surface area contributed by atoms with Crippen LogP contribution in [0.4, 0.5) is 0 Å². The van der Waals surface area contributed by atoms with Crippen molar-refractivity contribution >= 4 is 16.6 Å². The van der Waals surface area contributed by atoms with Crippen molar-refractivity contribution in [1.29, 1.82) is 5.26 Å². The number of ether oxygens (including phenoxy) is 1. The van der Waals surface area contributed by atoms with Crippen LogP contribution in [0.5, 0.6) is 5.75 Å². The molecule has 0 aliphatic rings. The highest BCUT2D eigenvalue weighted by atomic mass is 16.5. The smallest absolute Gasteiger partial charge is 0.248 e. The molecule has 0 saturated carbocycles. The molecule has 130 valence electrons. The maximum atomic E-state index is 11.8. The predicted molar refractivity (Wildman–Crippen MR) is 99.4 cm³/mol. The minimum Gasteiger partial charge on any atom is -0.487 e. The first-order valence-electron chi connectivity index (χ1n) is 7.83. The highest BCUT2D eigenvalue weighted by Gasteiger charge is 2.13. The van der Waals surface area contributed by atoms with Crippen LogP contribution in [0.15, 0.2) is 65.1 Å². The third-order valence-electron chi connectivity index (χ3n) is 3.91. The van der Waals surface area contributed by atoms with Gasteiger partial charge in [-0.25, -0.2) is 5.84 Å². The topological polar surface area (TPSA) is 130 Å². The fraction of sp³-hybridized carbons (Fsp3) is 0.0526. The second-order valence-corrected chi connectivity index (χ2v) is 5.54. The average molecular weight is 347 g/mol. The first-order valence-corrected chi connectivity index (χ1v) is 7.83. The Morgan fingerprint density at radius 1 is 1.15 bits per heavy atom. The van der Waals surface area contributed by atoms with Crippen LogP contribution in [0.2, 0.25) is 0 Å². The fourth-order valence-corrected chi connectivity index (χ4v) is 2.62. The molecule has 3 aromatic rings. The number of nitrogens with two attached hydrogens (primary N) is 2. The molecule has 0 saturated heterocycles. The van der Waals surface area contributed by atoms with E-state index in [1.165, 1.54) is 6.07 Å². The van der Waals surface area contributed by atoms with Gasteiger partial charge in [0.05, 0.1) is 11.2 Å². The molecular formula is C19H17N5O2. The number of rotatable bonds is 5. The average Bonchev–Trinajstić information content (AvgIpc) is 2.67. The molecule has 0 fully saturated rings. The van der Waals surface area contributed by atoms with E-state index in [4.69, 9.17) is 21.6 Å². The number of aromatic amines is 1. The summed E-state index contributed by atoms with van der Waals surface area (Å²) in [6, 6.07) is 18.0. The summed E-state index contributed by atoms with van der Waals surface area (Å²) in [5.74, 6) is 5.85. The zero-order valence-corrected chi connectivity index (χ0v) is 13.8. The van der Waals surface area contributed by atoms with Crippen LogP contribution in [-0.2, 0) is 6.61 Å². The predicted octanol–water partition coefficient (Wildman–Crippen LogP) is 1.72. The molecule has 26 heavy (non-hydrogen) atoms. The molecule has 3 rings (SSSR count). The van der Waals surface area contributed by atoms with Crippen LogP contribution in [0.25, 0.3) is 16.6 Å². The van der Waals surface area contributed by atoms with E-state index < -0.39 is 0 Å². The fourth-order valence-electron chi connectivity index (χ4n) is 2.62. The molecule has 0 bridgehead atoms. The number of nitriles is 1. The Morgan fingerprint density at radius 3 is 2.62 bits per heavy atom. The van der Waals surface area contributed by atoms with Gasteiger partial charge in [0, 0.05) is 17.0 Å². The summed E-state index contributed by atoms with van der Waals surface area (Å²) in [5, 5.41) is 9.77. The van der Waals surface area contributed by atoms with Gasteiger partial charge in [-0.05, 0) is 23.8 Å². The van der Waals surface area contributed by atoms with E-state index in [1.54, 1.807) is 18.2 Å². The first-order chi connectivity index (χ1) is 12.6. The van der Waals surface area contributed by atoms with Crippen molar-refractivity contribution in [3.8, 4) is 11.8 Å². The minimum absolute atomic E-state index is 0.0375. The maximum Gasteiger partial charge on any atom is 0.248 e. The summed E-state index contributed by atoms with van der Waals surface area (Å²) in [5.41, 5.74) is 10.4. The number of pyridine rings is 1. The van der Waals surface area contributed by atoms with Gasteiger partial charge in [0.2, 0.25) is 5.56 Å². The third kappa shape index (κ3) is 3.36. The number of nitrogens with one attached hydrogen (secondary N) is 2. The monoisotopic (exact) mass is 347 g/mol. The Balaban J connectivity index is 2.08. The standard InChI is InChI=1S/C19H17N5O2/c20-10-15(24-22)18(21)13-6-8-16(19-14(13)7-9-17(25)23-19)26-11-12-4-2-1-3-5-12/h1-9,24H,11,21-22H2,(H,23,25)/b18-15-. The number of nitrogens with zero attached hydrogens (tertiary/aromatic N) is 1. The van der Waals surface area contributed by atoms with E-state index in [9.17, 15) is 4.79 Å². The molecule has 0 aliphatic carbocycles. The van der Waals surface area contributed by atoms with E-state index in [0.717, 1.165) is 5.56 Å². The molecule has 2 aromatic carbocycles. The number of hydrogen-bond acceptors (Lipinski definition) is 6. The van der Waals surface area contributed by atoms with Gasteiger partial charge >= 0.3 is 0 Å². The Kier molecular flexibility index (Phi) is 4.87. The number of fused-ring (bicyclic) bond motifs is 1. The first kappa shape index (κ1) is 17.1. The van der Waals surface area contributed by atoms with Crippen LogP contribution in [0, 0.1) is 11.3 Å². The molecule has 1 heterocycles. The number of hydrazine groups is 1. The highest BCUT2D eigenvalue weighted by Crippen LogP contribution is 2.29. The third-order valence-corrected chi connectivity index (χ3v) is 3.91. The van der Waals surface area contributed by atoms with Crippen molar-refractivity contribution < 1.29 is 4.74 Å². The SMILES string of the molecule is N#C/C(NN)=C(/N)c1ccc(OCc2ccccc2)c2[nH]c(=O)ccc12. The summed E-state index contributed by atoms with van der Waals surface area (Å²) in [6.45, 7) is 0.353. The Bertz CT molecular complexity index is 1060. The van der Waals surface area contributed by atoms with E-state index in [2.05, 4.69) is 10.4 Å². The maximum absolute atomic E-state index is 11.8. The highest BCUT2D eigenvalue weighted by molar-refractivity contribution is 5.95. The number of hydrogen-bond donors (Lipinski definition) is 4. The van der Waals surface area contributed by atoms with Crippen LogP contribution >= 0.6 is 0 Å². The van der Waals surface area contributed by atoms with Gasteiger partial charge in [-0.15, -0.1) is 0 Å². The molecule has 6 N–H and O–H groups in total. The molecule has 0 atom stereocenters. The molecular weight excluding hydrogens is 330 g/mol. The van der Waals surface area contributed by atoms with E-state index in [1.807, 2.05) is 36.4 Å². The zero-order valence-electron chi connectivity index (χ0n) is 13.8. The second kappa shape index (κ2) is 7.42. The van der Waals surface area contributed by atoms with Gasteiger partial charge in [0.1, 0.15) is 18.4 Å². The van der Waals surface area contributed by atoms with E-state index in [0.29, 0.717) is 28.8 Å². The molecule has 1 aromatic heterocycles. The Hall–Kier alpha value is -3.76. The number of H-pyrrole nitrogens is 1. The molecule has 0 spiro atoms. The molecule has 0 unspecified atom stereocenters. The summed E-state index contributed by atoms with van der Waals surface area (Å²) >= 11 is 0. The lowest BCUT2D eigenvalue weighted by Gasteiger charge is -2.13. The van der Waals surface area contributed by atoms with Crippen LogP contribution in [-0.4, -0.2) is 4.98 Å². The zero-order chi connectivity index (χ0) is 18.5. The Labute approximate surface area is 149 Å². The molecule has 0 amide bonds. The van der Waals surface area contributed by atoms with Gasteiger partial charge in [0.25, 0.3) is 0 Å². The lowest BCUT2D eigenvalue weighted by molar-refractivity contribution is 0.309. The number of benzene rings is 2. The van der Waals surface area contributed by atoms with Crippen molar-refractivity contribution in [2.24, 2.45) is 11.6 Å². The van der Waals surface area contributed by atoms with Crippen molar-refractivity contribution in [2.75, 3.05) is 0 Å². The van der Waals surface area contributed by atoms with Crippen molar-refractivity contribution in [2.45, 2.75) is 6.61 Å². The van der Waals surface area contributed by atoms with Gasteiger partial charge < -0.3 is 20.9 Å². The van der Waals surface area contributed by atoms with E-state index in [-0.39, 0.29) is 17.0 Å². The summed E-state index contributed by atoms with van der Waals surface area (Å²) in [4.78, 5) is 14.6. The summed E-state index contributed by atoms with van der Waals surface area (Å²) in [6.07, 6.45) is 0. The summed E-state index contributed by atoms with van der Waals surface area (Å²) in [7, 11) is 0. The number of aromatic nitrogens is 1. The second-order valence-electron chi connectivity index (χ2n) is 5.54. The molecule has 7 nitrogen and oxygen atoms in total. The molecule has 0 radical (unpaired) electrons. The Morgan fingerprint density at radius 2 is 1.92 bits per heavy atom. The largest absolute Gasteiger partial charge is 0.487 e. The van der Waals surface area contributed by atoms with Crippen LogP contribution in [0.3, 0.4) is 0 Å². The van der Waals surface area contributed by atoms with Crippen molar-refractivity contribution in [3.05, 3.63) is 81.8 Å². The normalized spacial score (nSPS) is 11.5. The molecule has 0 aliphatic heterocycles. The van der Waals surface area contributed by atoms with Crippen molar-refractivity contribution in [3.63, 3.8) is 0 Å². The van der Waals surface area contributed by atoms with Gasteiger partial charge in [-0.3, -0.25) is 4.79 Å². The lowest BCUT2D eigenvalue weighted by Crippen LogP contribution is -2.23. The minimum atomic E-state index is -0.265. The lowest BCUT2D eigenvalue weighted by atomic mass is 10.0. The summed E-state index contributed by atoms with van der Waals surface area (Å²) < 4.78 is 5.88. The van der Waals surface area contributed by atoms with Gasteiger partial charge in [-0.1, -0.05) is 30.3 Å². The molecule has 7 heteroatoms. The van der Waals surface area contributed by atoms with Gasteiger partial charge in [0.15, 0.2) is 5.70 Å². The number of allylic oxidation sites excluding steroid dienone is 1. The quantitative estimate of drug-likeness (QED) is 0.316. The van der Waals surface area contributed by atoms with Crippen molar-refractivity contribution in [1.82, 2.24) is 10.4 Å². The van der Waals surface area contributed by atoms with Crippen LogP contribution < -0.4 is 27.3 Å². The van der Waals surface area contributed by atoms with E-state index >= 15 is 0 Å². The van der Waals surface area contributed by atoms with Crippen LogP contribution in [0.1, 0.15) is 11.1 Å².